The maximum Gasteiger partial charge on any atom is 0.397 e. The van der Waals surface area contributed by atoms with Crippen molar-refractivity contribution in [2.45, 2.75) is 133 Å². The molecule has 17 nitrogen and oxygen atoms in total. The van der Waals surface area contributed by atoms with Crippen LogP contribution >= 0.6 is 0 Å². The van der Waals surface area contributed by atoms with Crippen LogP contribution < -0.4 is 5.32 Å². The summed E-state index contributed by atoms with van der Waals surface area (Å²) in [6.45, 7) is 8.33. The van der Waals surface area contributed by atoms with Crippen LogP contribution in [0.3, 0.4) is 0 Å². The van der Waals surface area contributed by atoms with Crippen molar-refractivity contribution in [1.82, 2.24) is 5.32 Å². The Bertz CT molecular complexity index is 1860. The summed E-state index contributed by atoms with van der Waals surface area (Å²) in [4.78, 5) is 53.6. The van der Waals surface area contributed by atoms with Crippen molar-refractivity contribution in [3.8, 4) is 0 Å². The molecule has 1 saturated heterocycles. The summed E-state index contributed by atoms with van der Waals surface area (Å²) in [5.74, 6) is -6.31. The zero-order chi connectivity index (χ0) is 42.6. The number of aliphatic carboxylic acids is 2. The van der Waals surface area contributed by atoms with Gasteiger partial charge in [-0.15, -0.1) is 0 Å². The molecule has 1 amide bonds. The molecule has 2 bridgehead atoms. The van der Waals surface area contributed by atoms with E-state index in [-0.39, 0.29) is 62.9 Å². The van der Waals surface area contributed by atoms with E-state index < -0.39 is 124 Å². The number of aryl methyl sites for hydroxylation is 1. The number of ether oxygens (including phenoxy) is 3. The number of carbonyl (C=O) groups excluding carboxylic acids is 2. The van der Waals surface area contributed by atoms with Crippen LogP contribution in [0.15, 0.2) is 42.5 Å². The zero-order valence-electron chi connectivity index (χ0n) is 32.8. The van der Waals surface area contributed by atoms with Crippen LogP contribution in [-0.4, -0.2) is 117 Å². The molecular formula is C40H55NO16S. The highest BCUT2D eigenvalue weighted by Gasteiger charge is 2.74. The molecular weight excluding hydrogens is 782 g/mol. The van der Waals surface area contributed by atoms with Crippen LogP contribution in [0.5, 0.6) is 0 Å². The fraction of sp³-hybridized carbons (Fsp3) is 0.700. The highest BCUT2D eigenvalue weighted by molar-refractivity contribution is 7.80. The van der Waals surface area contributed by atoms with Crippen molar-refractivity contribution in [1.29, 1.82) is 0 Å². The molecule has 7 N–H and O–H groups in total. The van der Waals surface area contributed by atoms with E-state index in [0.29, 0.717) is 6.42 Å². The Kier molecular flexibility index (Phi) is 12.3. The van der Waals surface area contributed by atoms with E-state index in [0.717, 1.165) is 5.56 Å². The van der Waals surface area contributed by atoms with E-state index in [2.05, 4.69) is 11.9 Å². The minimum Gasteiger partial charge on any atom is -0.480 e. The molecule has 1 aromatic carbocycles. The van der Waals surface area contributed by atoms with Crippen LogP contribution in [0.1, 0.15) is 84.1 Å². The van der Waals surface area contributed by atoms with Crippen LogP contribution in [0.25, 0.3) is 0 Å². The first-order chi connectivity index (χ1) is 27.1. The van der Waals surface area contributed by atoms with Crippen LogP contribution in [0.2, 0.25) is 0 Å². The van der Waals surface area contributed by atoms with Gasteiger partial charge in [0.1, 0.15) is 18.2 Å². The van der Waals surface area contributed by atoms with Crippen LogP contribution in [-0.2, 0) is 54.4 Å². The lowest BCUT2D eigenvalue weighted by Crippen LogP contribution is -2.68. The average Bonchev–Trinajstić information content (AvgIpc) is 3.27. The molecule has 1 aliphatic heterocycles. The molecule has 1 heterocycles. The lowest BCUT2D eigenvalue weighted by Gasteiger charge is -2.64. The van der Waals surface area contributed by atoms with E-state index in [1.165, 1.54) is 0 Å². The van der Waals surface area contributed by atoms with Gasteiger partial charge >= 0.3 is 28.3 Å². The molecule has 0 aromatic heterocycles. The normalized spacial score (nSPS) is 38.0. The number of fused-ring (bicyclic) bond motifs is 3. The van der Waals surface area contributed by atoms with E-state index in [9.17, 15) is 57.7 Å². The Hall–Kier alpha value is -3.49. The van der Waals surface area contributed by atoms with Gasteiger partial charge in [0.05, 0.1) is 24.4 Å². The van der Waals surface area contributed by atoms with Crippen molar-refractivity contribution >= 4 is 34.2 Å². The highest BCUT2D eigenvalue weighted by Crippen LogP contribution is 2.73. The van der Waals surface area contributed by atoms with Crippen molar-refractivity contribution in [2.24, 2.45) is 34.0 Å². The molecule has 1 aromatic rings. The predicted molar refractivity (Wildman–Crippen MR) is 201 cm³/mol. The van der Waals surface area contributed by atoms with Crippen molar-refractivity contribution < 1.29 is 76.1 Å². The third-order valence-corrected chi connectivity index (χ3v) is 14.2. The van der Waals surface area contributed by atoms with E-state index in [4.69, 9.17) is 18.4 Å². The Labute approximate surface area is 337 Å². The topological polar surface area (TPSA) is 273 Å². The molecule has 5 aliphatic rings. The third kappa shape index (κ3) is 7.93. The second kappa shape index (κ2) is 16.2. The summed E-state index contributed by atoms with van der Waals surface area (Å²) >= 11 is 0. The maximum atomic E-state index is 13.5. The molecule has 18 heteroatoms. The van der Waals surface area contributed by atoms with Gasteiger partial charge in [0, 0.05) is 24.7 Å². The molecule has 1 spiro atoms. The first-order valence-corrected chi connectivity index (χ1v) is 21.1. The van der Waals surface area contributed by atoms with Crippen LogP contribution in [0, 0.1) is 34.0 Å². The van der Waals surface area contributed by atoms with Crippen molar-refractivity contribution in [3.05, 3.63) is 48.0 Å². The van der Waals surface area contributed by atoms with Gasteiger partial charge in [-0.25, -0.2) is 4.18 Å². The number of aliphatic hydroxyl groups is 3. The lowest BCUT2D eigenvalue weighted by molar-refractivity contribution is -0.297. The highest BCUT2D eigenvalue weighted by atomic mass is 32.3. The number of aliphatic hydroxyl groups excluding tert-OH is 2. The molecule has 58 heavy (non-hydrogen) atoms. The number of carbonyl (C=O) groups is 4. The zero-order valence-corrected chi connectivity index (χ0v) is 33.6. The Balaban J connectivity index is 1.39. The van der Waals surface area contributed by atoms with Gasteiger partial charge in [-0.2, -0.15) is 8.42 Å². The Morgan fingerprint density at radius 1 is 1.02 bits per heavy atom. The van der Waals surface area contributed by atoms with Gasteiger partial charge < -0.3 is 45.1 Å². The number of hydrogen-bond acceptors (Lipinski definition) is 13. The molecule has 4 saturated carbocycles. The van der Waals surface area contributed by atoms with Crippen LogP contribution in [0.4, 0.5) is 0 Å². The number of hydrogen-bond donors (Lipinski definition) is 7. The van der Waals surface area contributed by atoms with Gasteiger partial charge in [0.2, 0.25) is 5.91 Å². The second-order valence-electron chi connectivity index (χ2n) is 17.7. The third-order valence-electron chi connectivity index (χ3n) is 13.7. The second-order valence-corrected chi connectivity index (χ2v) is 18.7. The monoisotopic (exact) mass is 837 g/mol. The Morgan fingerprint density at radius 3 is 2.28 bits per heavy atom. The molecule has 12 atom stereocenters. The minimum absolute atomic E-state index is 0.0345. The average molecular weight is 838 g/mol. The first kappa shape index (κ1) is 44.1. The largest absolute Gasteiger partial charge is 0.480 e. The van der Waals surface area contributed by atoms with Crippen molar-refractivity contribution in [2.75, 3.05) is 6.61 Å². The fourth-order valence-corrected chi connectivity index (χ4v) is 11.9. The summed E-state index contributed by atoms with van der Waals surface area (Å²) in [5, 5.41) is 57.9. The minimum atomic E-state index is -5.30. The fourth-order valence-electron chi connectivity index (χ4n) is 11.4. The number of esters is 1. The molecule has 0 radical (unpaired) electrons. The summed E-state index contributed by atoms with van der Waals surface area (Å²) in [5.41, 5.74) is -4.73. The summed E-state index contributed by atoms with van der Waals surface area (Å²) in [6.07, 6.45) is -9.04. The smallest absolute Gasteiger partial charge is 0.397 e. The number of rotatable bonds is 14. The molecule has 12 unspecified atom stereocenters. The standard InChI is InChI=1S/C40H55NO16S/c1-21(2)16-28(43)41-30-32(56-29(44)11-10-23-8-6-5-7-9-23)31(57-58(51,52)53)25(19-42)55-34(30)54-24-17-37(4)26-13-15-39(50)20-38(26,33(45)22(39)3)14-12-27(37)40(18-24,35(46)47)36(48)49/h5-9,21,24-27,30-34,42,45,50H,3,10-20H2,1-2,4H3,(H,41,43)(H,46,47)(H,48,49)(H,51,52,53). The van der Waals surface area contributed by atoms with Gasteiger partial charge in [-0.3, -0.25) is 23.7 Å². The lowest BCUT2D eigenvalue weighted by atomic mass is 9.40. The van der Waals surface area contributed by atoms with E-state index >= 15 is 0 Å². The number of amides is 1. The molecule has 322 valence electrons. The van der Waals surface area contributed by atoms with Gasteiger partial charge in [-0.05, 0) is 79.3 Å². The number of carboxylic acids is 2. The summed E-state index contributed by atoms with van der Waals surface area (Å²) < 4.78 is 57.5. The van der Waals surface area contributed by atoms with E-state index in [1.54, 1.807) is 51.1 Å². The molecule has 4 aliphatic carbocycles. The number of carboxylic acid groups (broad SMARTS) is 2. The number of benzene rings is 1. The van der Waals surface area contributed by atoms with E-state index in [1.807, 2.05) is 0 Å². The first-order valence-electron chi connectivity index (χ1n) is 19.8. The quantitative estimate of drug-likeness (QED) is 0.0465. The number of nitrogens with one attached hydrogen (secondary N) is 1. The predicted octanol–water partition coefficient (Wildman–Crippen LogP) is 2.17. The molecule has 6 rings (SSSR count). The van der Waals surface area contributed by atoms with Crippen molar-refractivity contribution in [3.63, 3.8) is 0 Å². The Morgan fingerprint density at radius 2 is 1.67 bits per heavy atom. The summed E-state index contributed by atoms with van der Waals surface area (Å²) in [7, 11) is -5.30. The molecule has 5 fully saturated rings. The van der Waals surface area contributed by atoms with Gasteiger partial charge in [0.25, 0.3) is 0 Å². The SMILES string of the molecule is C=C1C(O)C23CCC4C(C(=O)O)(C(=O)O)CC(OC5OC(CO)C(OS(=O)(=O)O)C(OC(=O)CCc6ccccc6)C5NC(=O)CC(C)C)CC4(C)C2CCC1(O)C3. The van der Waals surface area contributed by atoms with Gasteiger partial charge in [0.15, 0.2) is 17.8 Å². The maximum absolute atomic E-state index is 13.5. The summed E-state index contributed by atoms with van der Waals surface area (Å²) in [6, 6.07) is 7.30. The van der Waals surface area contributed by atoms with Gasteiger partial charge in [-0.1, -0.05) is 57.7 Å².